The molecule has 0 atom stereocenters. The highest BCUT2D eigenvalue weighted by Crippen LogP contribution is 2.48. The maximum absolute atomic E-state index is 12.8. The van der Waals surface area contributed by atoms with Crippen LogP contribution in [0.5, 0.6) is 0 Å². The van der Waals surface area contributed by atoms with E-state index in [0.717, 1.165) is 24.0 Å². The number of pyridine rings is 1. The van der Waals surface area contributed by atoms with Crippen LogP contribution in [0.3, 0.4) is 0 Å². The number of carbonyl (C=O) groups excluding carboxylic acids is 2. The maximum Gasteiger partial charge on any atom is 0.416 e. The van der Waals surface area contributed by atoms with E-state index in [9.17, 15) is 22.8 Å². The Kier molecular flexibility index (Phi) is 4.43. The quantitative estimate of drug-likeness (QED) is 0.645. The van der Waals surface area contributed by atoms with Crippen molar-refractivity contribution in [1.29, 1.82) is 0 Å². The Morgan fingerprint density at radius 3 is 2.69 bits per heavy atom. The standard InChI is InChI=1S/C20H20F3N7O2/c1-28-4-5-30-16(28)14(9-25-30)17(31)29-10-19(11-29)7-13(8-19)26-18(32)27-15-6-12(2-3-24-15)20(21,22)23/h2-6,9,13H,7-8,10-11H2,1H3,(H2,24,26,27,32). The summed E-state index contributed by atoms with van der Waals surface area (Å²) in [5.41, 5.74) is 0.386. The smallest absolute Gasteiger partial charge is 0.337 e. The van der Waals surface area contributed by atoms with E-state index < -0.39 is 17.8 Å². The van der Waals surface area contributed by atoms with Gasteiger partial charge in [-0.15, -0.1) is 0 Å². The van der Waals surface area contributed by atoms with Crippen molar-refractivity contribution in [3.8, 4) is 0 Å². The Balaban J connectivity index is 1.12. The number of alkyl halides is 3. The predicted molar refractivity (Wildman–Crippen MR) is 107 cm³/mol. The van der Waals surface area contributed by atoms with E-state index in [1.807, 2.05) is 17.8 Å². The van der Waals surface area contributed by atoms with Crippen LogP contribution in [0.15, 0.2) is 36.9 Å². The van der Waals surface area contributed by atoms with E-state index in [0.29, 0.717) is 31.5 Å². The predicted octanol–water partition coefficient (Wildman–Crippen LogP) is 2.51. The number of nitrogens with zero attached hydrogens (tertiary/aromatic N) is 5. The first kappa shape index (κ1) is 20.3. The minimum Gasteiger partial charge on any atom is -0.337 e. The average molecular weight is 447 g/mol. The molecule has 2 aliphatic rings. The summed E-state index contributed by atoms with van der Waals surface area (Å²) in [5, 5.41) is 9.30. The Morgan fingerprint density at radius 2 is 1.97 bits per heavy atom. The van der Waals surface area contributed by atoms with Crippen molar-refractivity contribution in [2.75, 3.05) is 18.4 Å². The van der Waals surface area contributed by atoms with Crippen LogP contribution in [0.4, 0.5) is 23.8 Å². The van der Waals surface area contributed by atoms with Gasteiger partial charge in [-0.05, 0) is 25.0 Å². The van der Waals surface area contributed by atoms with Gasteiger partial charge in [0.05, 0.1) is 11.8 Å². The molecule has 2 fully saturated rings. The van der Waals surface area contributed by atoms with Crippen LogP contribution in [-0.2, 0) is 13.2 Å². The Hall–Kier alpha value is -3.57. The lowest BCUT2D eigenvalue weighted by Gasteiger charge is -2.58. The number of halogens is 3. The second-order valence-electron chi connectivity index (χ2n) is 8.53. The minimum absolute atomic E-state index is 0.0253. The van der Waals surface area contributed by atoms with Gasteiger partial charge in [-0.2, -0.15) is 18.3 Å². The second-order valence-corrected chi connectivity index (χ2v) is 8.53. The lowest BCUT2D eigenvalue weighted by molar-refractivity contribution is -0.137. The van der Waals surface area contributed by atoms with Crippen molar-refractivity contribution in [3.05, 3.63) is 48.0 Å². The second kappa shape index (κ2) is 6.97. The van der Waals surface area contributed by atoms with Crippen molar-refractivity contribution in [2.24, 2.45) is 12.5 Å². The fourth-order valence-electron chi connectivity index (χ4n) is 4.64. The number of fused-ring (bicyclic) bond motifs is 1. The number of amides is 3. The summed E-state index contributed by atoms with van der Waals surface area (Å²) in [6.07, 6.45) is 3.08. The largest absolute Gasteiger partial charge is 0.416 e. The van der Waals surface area contributed by atoms with Crippen LogP contribution in [-0.4, -0.2) is 55.1 Å². The van der Waals surface area contributed by atoms with Gasteiger partial charge in [0.15, 0.2) is 0 Å². The van der Waals surface area contributed by atoms with Gasteiger partial charge < -0.3 is 14.8 Å². The number of aryl methyl sites for hydroxylation is 1. The zero-order valence-electron chi connectivity index (χ0n) is 17.1. The van der Waals surface area contributed by atoms with Crippen molar-refractivity contribution < 1.29 is 22.8 Å². The van der Waals surface area contributed by atoms with Crippen molar-refractivity contribution in [3.63, 3.8) is 0 Å². The number of likely N-dealkylation sites (tertiary alicyclic amines) is 1. The molecule has 0 aromatic carbocycles. The van der Waals surface area contributed by atoms with Crippen molar-refractivity contribution in [2.45, 2.75) is 25.1 Å². The molecule has 2 N–H and O–H groups in total. The van der Waals surface area contributed by atoms with Crippen LogP contribution in [0, 0.1) is 5.41 Å². The van der Waals surface area contributed by atoms with Gasteiger partial charge in [0.2, 0.25) is 0 Å². The molecule has 12 heteroatoms. The van der Waals surface area contributed by atoms with Crippen LogP contribution < -0.4 is 10.6 Å². The Morgan fingerprint density at radius 1 is 1.22 bits per heavy atom. The first-order valence-electron chi connectivity index (χ1n) is 10.0. The molecule has 1 saturated heterocycles. The molecule has 9 nitrogen and oxygen atoms in total. The van der Waals surface area contributed by atoms with E-state index in [-0.39, 0.29) is 23.2 Å². The number of carbonyl (C=O) groups is 2. The molecule has 4 heterocycles. The molecule has 0 bridgehead atoms. The lowest BCUT2D eigenvalue weighted by Crippen LogP contribution is -2.67. The monoisotopic (exact) mass is 447 g/mol. The van der Waals surface area contributed by atoms with E-state index in [1.165, 1.54) is 0 Å². The SMILES string of the molecule is Cn1ccn2ncc(C(=O)N3CC4(CC(NC(=O)Nc5cc(C(F)(F)F)ccn5)C4)C3)c12. The van der Waals surface area contributed by atoms with Crippen LogP contribution in [0.2, 0.25) is 0 Å². The molecule has 5 rings (SSSR count). The zero-order valence-corrected chi connectivity index (χ0v) is 17.1. The molecule has 32 heavy (non-hydrogen) atoms. The minimum atomic E-state index is -4.51. The highest BCUT2D eigenvalue weighted by molar-refractivity contribution is 6.00. The summed E-state index contributed by atoms with van der Waals surface area (Å²) in [4.78, 5) is 30.5. The number of aromatic nitrogens is 4. The topological polar surface area (TPSA) is 96.6 Å². The molecule has 3 aromatic rings. The lowest BCUT2D eigenvalue weighted by atomic mass is 9.60. The van der Waals surface area contributed by atoms with Crippen molar-refractivity contribution >= 4 is 23.4 Å². The van der Waals surface area contributed by atoms with Crippen LogP contribution >= 0.6 is 0 Å². The summed E-state index contributed by atoms with van der Waals surface area (Å²) in [7, 11) is 1.85. The highest BCUT2D eigenvalue weighted by Gasteiger charge is 2.54. The summed E-state index contributed by atoms with van der Waals surface area (Å²) in [6, 6.07) is 0.927. The molecule has 3 aromatic heterocycles. The van der Waals surface area contributed by atoms with Gasteiger partial charge in [-0.25, -0.2) is 14.3 Å². The molecule has 1 saturated carbocycles. The molecule has 168 valence electrons. The fourth-order valence-corrected chi connectivity index (χ4v) is 4.64. The average Bonchev–Trinajstić information content (AvgIpc) is 3.25. The summed E-state index contributed by atoms with van der Waals surface area (Å²) >= 11 is 0. The highest BCUT2D eigenvalue weighted by atomic mass is 19.4. The summed E-state index contributed by atoms with van der Waals surface area (Å²) in [5.74, 6) is -0.239. The van der Waals surface area contributed by atoms with Gasteiger partial charge in [0.25, 0.3) is 5.91 Å². The maximum atomic E-state index is 12.8. The van der Waals surface area contributed by atoms with E-state index >= 15 is 0 Å². The third-order valence-corrected chi connectivity index (χ3v) is 6.13. The number of nitrogens with one attached hydrogen (secondary N) is 2. The Labute approximate surface area is 180 Å². The molecular formula is C20H20F3N7O2. The normalized spacial score (nSPS) is 17.8. The van der Waals surface area contributed by atoms with Gasteiger partial charge in [-0.3, -0.25) is 10.1 Å². The summed E-state index contributed by atoms with van der Waals surface area (Å²) < 4.78 is 41.8. The van der Waals surface area contributed by atoms with Gasteiger partial charge in [0.1, 0.15) is 17.0 Å². The van der Waals surface area contributed by atoms with Gasteiger partial charge in [0, 0.05) is 50.2 Å². The number of urea groups is 1. The Bertz CT molecular complexity index is 1200. The zero-order chi connectivity index (χ0) is 22.7. The van der Waals surface area contributed by atoms with Gasteiger partial charge >= 0.3 is 12.2 Å². The van der Waals surface area contributed by atoms with Crippen LogP contribution in [0.1, 0.15) is 28.8 Å². The van der Waals surface area contributed by atoms with Crippen molar-refractivity contribution in [1.82, 2.24) is 29.4 Å². The third kappa shape index (κ3) is 3.45. The number of hydrogen-bond donors (Lipinski definition) is 2. The first-order valence-corrected chi connectivity index (χ1v) is 10.0. The number of rotatable bonds is 3. The molecule has 1 aliphatic heterocycles. The summed E-state index contributed by atoms with van der Waals surface area (Å²) in [6.45, 7) is 1.20. The third-order valence-electron chi connectivity index (χ3n) is 6.13. The van der Waals surface area contributed by atoms with E-state index in [2.05, 4.69) is 20.7 Å². The molecule has 0 unspecified atom stereocenters. The number of anilines is 1. The van der Waals surface area contributed by atoms with E-state index in [1.54, 1.807) is 21.8 Å². The van der Waals surface area contributed by atoms with E-state index in [4.69, 9.17) is 0 Å². The van der Waals surface area contributed by atoms with Gasteiger partial charge in [-0.1, -0.05) is 0 Å². The molecule has 3 amide bonds. The fraction of sp³-hybridized carbons (Fsp3) is 0.400. The number of imidazole rings is 1. The first-order chi connectivity index (χ1) is 15.1. The molecule has 1 spiro atoms. The van der Waals surface area contributed by atoms with Crippen LogP contribution in [0.25, 0.3) is 5.65 Å². The number of hydrogen-bond acceptors (Lipinski definition) is 4. The molecule has 1 aliphatic carbocycles. The molecule has 0 radical (unpaired) electrons. The molecular weight excluding hydrogens is 427 g/mol.